The number of carbonyl (C=O) groups is 3. The maximum absolute atomic E-state index is 13.6. The lowest BCUT2D eigenvalue weighted by molar-refractivity contribution is -0.136. The van der Waals surface area contributed by atoms with Crippen LogP contribution in [0.4, 0.5) is 13.2 Å². The molecule has 0 saturated carbocycles. The van der Waals surface area contributed by atoms with Gasteiger partial charge in [0.05, 0.1) is 44.2 Å². The van der Waals surface area contributed by atoms with Crippen molar-refractivity contribution in [3.05, 3.63) is 191 Å². The number of halogens is 6. The van der Waals surface area contributed by atoms with Crippen molar-refractivity contribution < 1.29 is 67.0 Å². The zero-order valence-corrected chi connectivity index (χ0v) is 55.8. The molecule has 0 unspecified atom stereocenters. The highest BCUT2D eigenvalue weighted by Gasteiger charge is 2.35. The molecule has 3 aromatic heterocycles. The monoisotopic (exact) mass is 1370 g/mol. The van der Waals surface area contributed by atoms with E-state index in [0.29, 0.717) is 54.7 Å². The highest BCUT2D eigenvalue weighted by atomic mass is 35.5. The second-order valence-electron chi connectivity index (χ2n) is 21.9. The van der Waals surface area contributed by atoms with Crippen molar-refractivity contribution >= 4 is 115 Å². The number of aromatic amines is 3. The molecule has 91 heavy (non-hydrogen) atoms. The zero-order valence-electron chi connectivity index (χ0n) is 51.1. The van der Waals surface area contributed by atoms with Crippen molar-refractivity contribution in [2.45, 2.75) is 86.2 Å². The fourth-order valence-corrected chi connectivity index (χ4v) is 11.7. The van der Waals surface area contributed by atoms with Gasteiger partial charge in [-0.15, -0.1) is 0 Å². The van der Waals surface area contributed by atoms with Crippen LogP contribution in [0.25, 0.3) is 32.7 Å². The van der Waals surface area contributed by atoms with E-state index in [-0.39, 0.29) is 53.0 Å². The van der Waals surface area contributed by atoms with E-state index in [1.165, 1.54) is 12.1 Å². The van der Waals surface area contributed by atoms with Gasteiger partial charge in [0.25, 0.3) is 17.7 Å². The SMILES string of the molecule is Cc1cc(OCCCc2c(C(=O)NS(C)(=O)=O)[nH]c3cccc(C(F)(F)F)c23)ccc1Cl.Cc1ccc2c(CCCOc3cc(C)c(Cl)c(C)c3)c(C(=O)NS(C)(=O)=O)[nH]c2c1.Cc1ccc2c(CCCOc3ccc(Cl)c(C)c3)c(C(=O)NS(C)(=O)=O)[nH]c2c1. The molecule has 3 heterocycles. The first kappa shape index (κ1) is 70.7. The Labute approximate surface area is 541 Å². The van der Waals surface area contributed by atoms with E-state index in [0.717, 1.165) is 108 Å². The van der Waals surface area contributed by atoms with E-state index in [1.54, 1.807) is 29.0 Å². The summed E-state index contributed by atoms with van der Waals surface area (Å²) >= 11 is 18.2. The lowest BCUT2D eigenvalue weighted by Crippen LogP contribution is -2.30. The van der Waals surface area contributed by atoms with Crippen LogP contribution in [0.1, 0.15) is 106 Å². The number of fused-ring (bicyclic) bond motifs is 3. The molecule has 0 spiro atoms. The third-order valence-electron chi connectivity index (χ3n) is 14.1. The van der Waals surface area contributed by atoms with Crippen molar-refractivity contribution in [1.29, 1.82) is 0 Å². The largest absolute Gasteiger partial charge is 0.494 e. The van der Waals surface area contributed by atoms with Crippen molar-refractivity contribution in [2.75, 3.05) is 38.6 Å². The number of hydrogen-bond donors (Lipinski definition) is 6. The predicted molar refractivity (Wildman–Crippen MR) is 351 cm³/mol. The van der Waals surface area contributed by atoms with E-state index in [1.807, 2.05) is 112 Å². The van der Waals surface area contributed by atoms with Crippen LogP contribution in [0.15, 0.2) is 103 Å². The van der Waals surface area contributed by atoms with Crippen molar-refractivity contribution in [2.24, 2.45) is 0 Å². The van der Waals surface area contributed by atoms with Crippen LogP contribution in [0.3, 0.4) is 0 Å². The molecule has 0 saturated heterocycles. The van der Waals surface area contributed by atoms with Crippen molar-refractivity contribution in [1.82, 2.24) is 29.1 Å². The third-order valence-corrected chi connectivity index (χ3v) is 17.2. The summed E-state index contributed by atoms with van der Waals surface area (Å²) in [6, 6.07) is 29.6. The minimum Gasteiger partial charge on any atom is -0.494 e. The minimum atomic E-state index is -4.65. The number of benzene rings is 6. The number of nitrogens with one attached hydrogen (secondary N) is 6. The topological polar surface area (TPSA) is 265 Å². The molecule has 18 nitrogen and oxygen atoms in total. The maximum atomic E-state index is 13.6. The summed E-state index contributed by atoms with van der Waals surface area (Å²) in [4.78, 5) is 46.3. The molecular formula is C64H68Cl3F3N6O12S3. The van der Waals surface area contributed by atoms with Crippen LogP contribution in [0.5, 0.6) is 17.2 Å². The molecule has 0 bridgehead atoms. The van der Waals surface area contributed by atoms with Gasteiger partial charge in [-0.05, 0) is 203 Å². The number of sulfonamides is 3. The molecule has 6 aromatic carbocycles. The lowest BCUT2D eigenvalue weighted by Gasteiger charge is -2.11. The smallest absolute Gasteiger partial charge is 0.417 e. The Balaban J connectivity index is 0.000000194. The quantitative estimate of drug-likeness (QED) is 0.0367. The van der Waals surface area contributed by atoms with Crippen LogP contribution in [0.2, 0.25) is 15.1 Å². The average molecular weight is 1370 g/mol. The molecule has 0 fully saturated rings. The molecule has 486 valence electrons. The highest BCUT2D eigenvalue weighted by molar-refractivity contribution is 7.89. The number of H-pyrrole nitrogens is 3. The lowest BCUT2D eigenvalue weighted by atomic mass is 10.0. The zero-order chi connectivity index (χ0) is 66.9. The number of carbonyl (C=O) groups excluding carboxylic acids is 3. The summed E-state index contributed by atoms with van der Waals surface area (Å²) in [5, 5.41) is 3.64. The Kier molecular flexibility index (Phi) is 23.1. The number of hydrogen-bond acceptors (Lipinski definition) is 12. The van der Waals surface area contributed by atoms with Crippen LogP contribution >= 0.6 is 34.8 Å². The van der Waals surface area contributed by atoms with Crippen molar-refractivity contribution in [3.63, 3.8) is 0 Å². The number of rotatable bonds is 21. The molecule has 3 amide bonds. The molecule has 6 N–H and O–H groups in total. The van der Waals surface area contributed by atoms with Crippen molar-refractivity contribution in [3.8, 4) is 17.2 Å². The first-order chi connectivity index (χ1) is 42.5. The van der Waals surface area contributed by atoms with Gasteiger partial charge >= 0.3 is 6.18 Å². The molecule has 0 radical (unpaired) electrons. The molecule has 0 aliphatic rings. The van der Waals surface area contributed by atoms with E-state index in [9.17, 15) is 52.8 Å². The van der Waals surface area contributed by atoms with Gasteiger partial charge < -0.3 is 29.2 Å². The van der Waals surface area contributed by atoms with Gasteiger partial charge in [-0.25, -0.2) is 39.4 Å². The Morgan fingerprint density at radius 1 is 0.462 bits per heavy atom. The third kappa shape index (κ3) is 19.6. The Morgan fingerprint density at radius 2 is 0.824 bits per heavy atom. The summed E-state index contributed by atoms with van der Waals surface area (Å²) < 4.78 is 133. The van der Waals surface area contributed by atoms with Gasteiger partial charge in [0.15, 0.2) is 0 Å². The van der Waals surface area contributed by atoms with Crippen LogP contribution in [-0.4, -0.2) is 96.5 Å². The summed E-state index contributed by atoms with van der Waals surface area (Å²) in [5.74, 6) is -0.315. The Bertz CT molecular complexity index is 4550. The highest BCUT2D eigenvalue weighted by Crippen LogP contribution is 2.38. The predicted octanol–water partition coefficient (Wildman–Crippen LogP) is 13.4. The van der Waals surface area contributed by atoms with E-state index in [2.05, 4.69) is 15.0 Å². The molecule has 27 heteroatoms. The first-order valence-electron chi connectivity index (χ1n) is 28.2. The Morgan fingerprint density at radius 3 is 1.21 bits per heavy atom. The summed E-state index contributed by atoms with van der Waals surface area (Å²) in [6.07, 6.45) is 0.799. The number of ether oxygens (including phenoxy) is 3. The van der Waals surface area contributed by atoms with Gasteiger partial charge in [-0.3, -0.25) is 14.4 Å². The fourth-order valence-electron chi connectivity index (χ4n) is 10.0. The number of amides is 3. The maximum Gasteiger partial charge on any atom is 0.417 e. The second-order valence-corrected chi connectivity index (χ2v) is 28.4. The molecule has 0 aliphatic carbocycles. The normalized spacial score (nSPS) is 11.8. The molecule has 0 atom stereocenters. The molecule has 9 aromatic rings. The van der Waals surface area contributed by atoms with E-state index >= 15 is 0 Å². The van der Waals surface area contributed by atoms with Crippen LogP contribution in [-0.2, 0) is 55.5 Å². The summed E-state index contributed by atoms with van der Waals surface area (Å²) in [6.45, 7) is 12.6. The van der Waals surface area contributed by atoms with Gasteiger partial charge in [0, 0.05) is 47.8 Å². The first-order valence-corrected chi connectivity index (χ1v) is 35.0. The van der Waals surface area contributed by atoms with E-state index < -0.39 is 59.5 Å². The molecule has 9 rings (SSSR count). The second kappa shape index (κ2) is 29.7. The van der Waals surface area contributed by atoms with Gasteiger partial charge in [-0.1, -0.05) is 65.1 Å². The minimum absolute atomic E-state index is 0.0478. The van der Waals surface area contributed by atoms with Gasteiger partial charge in [0.1, 0.15) is 34.3 Å². The molecular weight excluding hydrogens is 1300 g/mol. The Hall–Kier alpha value is -7.74. The van der Waals surface area contributed by atoms with Crippen LogP contribution < -0.4 is 28.4 Å². The summed E-state index contributed by atoms with van der Waals surface area (Å²) in [7, 11) is -11.2. The molecule has 0 aliphatic heterocycles. The van der Waals surface area contributed by atoms with Gasteiger partial charge in [0.2, 0.25) is 30.1 Å². The number of alkyl halides is 3. The van der Waals surface area contributed by atoms with E-state index in [4.69, 9.17) is 49.0 Å². The fraction of sp³-hybridized carbons (Fsp3) is 0.297. The van der Waals surface area contributed by atoms with Gasteiger partial charge in [-0.2, -0.15) is 13.2 Å². The standard InChI is InChI=1S/C22H25ClN2O4S.C21H20ClF3N2O4S.C21H23ClN2O4S/c1-13-7-8-17-18(21(24-19(17)10-13)22(26)25-30(4,27)28)6-5-9-29-16-11-14(2)20(23)15(3)12-16;1-12-11-13(8-9-16(12)22)31-10-4-5-14-18-15(21(23,24)25)6-3-7-17(18)26-19(14)20(28)27-32(2,29)30;1-13-6-8-16-17(5-4-10-28-15-7-9-18(22)14(2)12-15)20(23-19(16)11-13)21(25)24-29(3,26)27/h7-8,10-12,24H,5-6,9H2,1-4H3,(H,25,26);3,6-9,11,26H,4-5,10H2,1-2H3,(H,27,28);6-9,11-12,23H,4-5,10H2,1-3H3,(H,24,25). The summed E-state index contributed by atoms with van der Waals surface area (Å²) in [5.41, 5.74) is 8.45. The number of aryl methyl sites for hydroxylation is 9. The average Bonchev–Trinajstić information content (AvgIpc) is 1.69. The number of aromatic nitrogens is 3. The van der Waals surface area contributed by atoms with Crippen LogP contribution in [0, 0.1) is 41.5 Å².